The minimum Gasteiger partial charge on any atom is -0.395 e. The van der Waals surface area contributed by atoms with Crippen molar-refractivity contribution in [2.24, 2.45) is 5.73 Å². The van der Waals surface area contributed by atoms with Gasteiger partial charge < -0.3 is 20.2 Å². The zero-order chi connectivity index (χ0) is 16.4. The van der Waals surface area contributed by atoms with E-state index in [9.17, 15) is 14.9 Å². The molecule has 0 bridgehead atoms. The van der Waals surface area contributed by atoms with Crippen molar-refractivity contribution in [3.8, 4) is 11.1 Å². The first-order valence-electron chi connectivity index (χ1n) is 7.07. The van der Waals surface area contributed by atoms with E-state index in [-0.39, 0.29) is 11.9 Å². The molecule has 23 heavy (non-hydrogen) atoms. The topological polar surface area (TPSA) is 121 Å². The van der Waals surface area contributed by atoms with E-state index in [0.29, 0.717) is 17.7 Å². The highest BCUT2D eigenvalue weighted by Crippen LogP contribution is 2.32. The summed E-state index contributed by atoms with van der Waals surface area (Å²) in [5.74, 6) is -1.59. The summed E-state index contributed by atoms with van der Waals surface area (Å²) in [7, 11) is 0. The molecule has 8 heteroatoms. The fourth-order valence-electron chi connectivity index (χ4n) is 2.52. The van der Waals surface area contributed by atoms with Crippen molar-refractivity contribution in [1.29, 1.82) is 0 Å². The SMILES string of the molecule is NC(=O)c1oc([N+](=O)[O-])cc1-c1ccc(C2CNCCO2)cc1. The Labute approximate surface area is 131 Å². The number of amides is 1. The minimum atomic E-state index is -0.850. The molecule has 0 aliphatic carbocycles. The molecule has 2 heterocycles. The Hall–Kier alpha value is -2.71. The highest BCUT2D eigenvalue weighted by atomic mass is 16.6. The molecule has 1 aliphatic rings. The number of nitrogens with two attached hydrogens (primary N) is 1. The number of nitrogens with zero attached hydrogens (tertiary/aromatic N) is 1. The van der Waals surface area contributed by atoms with Gasteiger partial charge in [-0.25, -0.2) is 0 Å². The lowest BCUT2D eigenvalue weighted by Crippen LogP contribution is -2.33. The molecule has 1 aliphatic heterocycles. The summed E-state index contributed by atoms with van der Waals surface area (Å²) in [4.78, 5) is 21.5. The number of carbonyl (C=O) groups excluding carboxylic acids is 1. The minimum absolute atomic E-state index is 0.0351. The van der Waals surface area contributed by atoms with Crippen LogP contribution in [-0.4, -0.2) is 30.5 Å². The van der Waals surface area contributed by atoms with Gasteiger partial charge >= 0.3 is 5.88 Å². The molecule has 3 N–H and O–H groups in total. The van der Waals surface area contributed by atoms with E-state index in [1.54, 1.807) is 12.1 Å². The van der Waals surface area contributed by atoms with E-state index in [1.165, 1.54) is 6.07 Å². The first-order valence-corrected chi connectivity index (χ1v) is 7.07. The predicted octanol–water partition coefficient (Wildman–Crippen LogP) is 1.61. The maximum Gasteiger partial charge on any atom is 0.434 e. The summed E-state index contributed by atoms with van der Waals surface area (Å²) in [6, 6.07) is 8.43. The lowest BCUT2D eigenvalue weighted by Gasteiger charge is -2.24. The molecule has 0 spiro atoms. The smallest absolute Gasteiger partial charge is 0.395 e. The average Bonchev–Trinajstić information content (AvgIpc) is 3.02. The number of nitro groups is 1. The fourth-order valence-corrected chi connectivity index (χ4v) is 2.52. The second-order valence-electron chi connectivity index (χ2n) is 5.13. The van der Waals surface area contributed by atoms with Crippen molar-refractivity contribution in [3.63, 3.8) is 0 Å². The molecule has 2 aromatic rings. The van der Waals surface area contributed by atoms with Crippen LogP contribution in [0.25, 0.3) is 11.1 Å². The number of carbonyl (C=O) groups is 1. The zero-order valence-corrected chi connectivity index (χ0v) is 12.2. The number of rotatable bonds is 4. The normalized spacial score (nSPS) is 17.8. The van der Waals surface area contributed by atoms with E-state index in [1.807, 2.05) is 12.1 Å². The number of furan rings is 1. The highest BCUT2D eigenvalue weighted by molar-refractivity contribution is 5.97. The maximum atomic E-state index is 11.4. The largest absolute Gasteiger partial charge is 0.434 e. The summed E-state index contributed by atoms with van der Waals surface area (Å²) in [6.07, 6.45) is -0.0351. The van der Waals surface area contributed by atoms with Gasteiger partial charge in [-0.1, -0.05) is 24.3 Å². The summed E-state index contributed by atoms with van der Waals surface area (Å²) in [5, 5.41) is 14.1. The standard InChI is InChI=1S/C15H15N3O5/c16-15(19)14-11(7-13(23-14)18(20)21)9-1-3-10(4-2-9)12-8-17-5-6-22-12/h1-4,7,12,17H,5-6,8H2,(H2,16,19). The highest BCUT2D eigenvalue weighted by Gasteiger charge is 2.24. The molecular formula is C15H15N3O5. The van der Waals surface area contributed by atoms with Crippen molar-refractivity contribution in [1.82, 2.24) is 5.32 Å². The van der Waals surface area contributed by atoms with Crippen LogP contribution in [0.5, 0.6) is 0 Å². The number of morpholine rings is 1. The second kappa shape index (κ2) is 6.19. The molecule has 1 aromatic heterocycles. The molecule has 1 amide bonds. The van der Waals surface area contributed by atoms with Gasteiger partial charge in [-0.2, -0.15) is 0 Å². The van der Waals surface area contributed by atoms with Crippen LogP contribution in [-0.2, 0) is 4.74 Å². The van der Waals surface area contributed by atoms with E-state index in [2.05, 4.69) is 5.32 Å². The van der Waals surface area contributed by atoms with Crippen LogP contribution in [0, 0.1) is 10.1 Å². The third-order valence-corrected chi connectivity index (χ3v) is 3.64. The average molecular weight is 317 g/mol. The molecule has 1 atom stereocenters. The second-order valence-corrected chi connectivity index (χ2v) is 5.13. The third kappa shape index (κ3) is 3.08. The molecule has 120 valence electrons. The molecule has 1 fully saturated rings. The zero-order valence-electron chi connectivity index (χ0n) is 12.2. The van der Waals surface area contributed by atoms with Gasteiger partial charge in [0, 0.05) is 18.7 Å². The Morgan fingerprint density at radius 2 is 2.09 bits per heavy atom. The van der Waals surface area contributed by atoms with Gasteiger partial charge in [-0.3, -0.25) is 14.9 Å². The monoisotopic (exact) mass is 317 g/mol. The van der Waals surface area contributed by atoms with Crippen LogP contribution in [0.15, 0.2) is 34.7 Å². The molecule has 1 aromatic carbocycles. The van der Waals surface area contributed by atoms with E-state index < -0.39 is 16.7 Å². The van der Waals surface area contributed by atoms with Crippen molar-refractivity contribution in [2.45, 2.75) is 6.10 Å². The number of hydrogen-bond acceptors (Lipinski definition) is 6. The first kappa shape index (κ1) is 15.2. The Kier molecular flexibility index (Phi) is 4.09. The lowest BCUT2D eigenvalue weighted by molar-refractivity contribution is -0.402. The van der Waals surface area contributed by atoms with Crippen molar-refractivity contribution < 1.29 is 18.9 Å². The van der Waals surface area contributed by atoms with Crippen LogP contribution in [0.4, 0.5) is 5.88 Å². The summed E-state index contributed by atoms with van der Waals surface area (Å²) in [5.41, 5.74) is 7.13. The molecule has 0 radical (unpaired) electrons. The number of benzene rings is 1. The van der Waals surface area contributed by atoms with Gasteiger partial charge in [0.25, 0.3) is 5.91 Å². The lowest BCUT2D eigenvalue weighted by atomic mass is 10.0. The van der Waals surface area contributed by atoms with Crippen LogP contribution >= 0.6 is 0 Å². The van der Waals surface area contributed by atoms with Crippen molar-refractivity contribution in [3.05, 3.63) is 51.8 Å². The van der Waals surface area contributed by atoms with Gasteiger partial charge in [-0.15, -0.1) is 0 Å². The van der Waals surface area contributed by atoms with Gasteiger partial charge in [0.1, 0.15) is 4.92 Å². The summed E-state index contributed by atoms with van der Waals surface area (Å²) in [6.45, 7) is 2.20. The molecule has 3 rings (SSSR count). The Balaban J connectivity index is 1.92. The number of ether oxygens (including phenoxy) is 1. The Morgan fingerprint density at radius 1 is 1.35 bits per heavy atom. The van der Waals surface area contributed by atoms with Crippen LogP contribution in [0.1, 0.15) is 22.2 Å². The number of hydrogen-bond donors (Lipinski definition) is 2. The van der Waals surface area contributed by atoms with Crippen LogP contribution in [0.3, 0.4) is 0 Å². The maximum absolute atomic E-state index is 11.4. The molecule has 8 nitrogen and oxygen atoms in total. The van der Waals surface area contributed by atoms with Gasteiger partial charge in [0.05, 0.1) is 18.8 Å². The van der Waals surface area contributed by atoms with E-state index in [4.69, 9.17) is 14.9 Å². The first-order chi connectivity index (χ1) is 11.1. The molecule has 1 saturated heterocycles. The number of primary amides is 1. The van der Waals surface area contributed by atoms with E-state index >= 15 is 0 Å². The predicted molar refractivity (Wildman–Crippen MR) is 80.9 cm³/mol. The van der Waals surface area contributed by atoms with Gasteiger partial charge in [0.15, 0.2) is 0 Å². The van der Waals surface area contributed by atoms with Crippen LogP contribution in [0.2, 0.25) is 0 Å². The quantitative estimate of drug-likeness (QED) is 0.653. The van der Waals surface area contributed by atoms with Gasteiger partial charge in [-0.05, 0) is 11.1 Å². The molecule has 0 saturated carbocycles. The summed E-state index contributed by atoms with van der Waals surface area (Å²) < 4.78 is 10.6. The van der Waals surface area contributed by atoms with Gasteiger partial charge in [0.2, 0.25) is 5.76 Å². The van der Waals surface area contributed by atoms with Crippen molar-refractivity contribution >= 4 is 11.8 Å². The third-order valence-electron chi connectivity index (χ3n) is 3.64. The number of nitrogens with one attached hydrogen (secondary N) is 1. The van der Waals surface area contributed by atoms with Crippen molar-refractivity contribution in [2.75, 3.05) is 19.7 Å². The van der Waals surface area contributed by atoms with Crippen LogP contribution < -0.4 is 11.1 Å². The molecule has 1 unspecified atom stereocenters. The Bertz CT molecular complexity index is 732. The Morgan fingerprint density at radius 3 is 2.65 bits per heavy atom. The fraction of sp³-hybridized carbons (Fsp3) is 0.267. The summed E-state index contributed by atoms with van der Waals surface area (Å²) >= 11 is 0. The molecular weight excluding hydrogens is 302 g/mol. The van der Waals surface area contributed by atoms with E-state index in [0.717, 1.165) is 18.7 Å².